The van der Waals surface area contributed by atoms with Crippen molar-refractivity contribution >= 4 is 0 Å². The molecule has 4 heteroatoms. The maximum absolute atomic E-state index is 8.86. The van der Waals surface area contributed by atoms with Crippen molar-refractivity contribution in [2.45, 2.75) is 26.1 Å². The van der Waals surface area contributed by atoms with Crippen molar-refractivity contribution in [1.29, 1.82) is 0 Å². The second-order valence-corrected chi connectivity index (χ2v) is 2.33. The normalized spacial score (nSPS) is 18.9. The molecule has 0 bridgehead atoms. The van der Waals surface area contributed by atoms with E-state index in [1.54, 1.807) is 13.8 Å². The first-order chi connectivity index (χ1) is 4.09. The minimum absolute atomic E-state index is 0. The van der Waals surface area contributed by atoms with Gasteiger partial charge < -0.3 is 15.3 Å². The summed E-state index contributed by atoms with van der Waals surface area (Å²) in [5.41, 5.74) is 0. The fraction of sp³-hybridized carbons (Fsp3) is 1.00. The fourth-order valence-electron chi connectivity index (χ4n) is 0.708. The minimum atomic E-state index is -0.644. The third-order valence-electron chi connectivity index (χ3n) is 1.45. The van der Waals surface area contributed by atoms with Crippen molar-refractivity contribution in [3.8, 4) is 0 Å². The van der Waals surface area contributed by atoms with Crippen LogP contribution in [-0.4, -0.2) is 34.1 Å². The Balaban J connectivity index is 0. The summed E-state index contributed by atoms with van der Waals surface area (Å²) in [7, 11) is 0. The number of hydrogen-bond acceptors (Lipinski definition) is 3. The molecule has 0 aliphatic carbocycles. The topological polar surface area (TPSA) is 60.7 Å². The molecule has 0 aliphatic rings. The summed E-state index contributed by atoms with van der Waals surface area (Å²) in [4.78, 5) is 0. The van der Waals surface area contributed by atoms with Crippen molar-refractivity contribution in [3.63, 3.8) is 0 Å². The van der Waals surface area contributed by atoms with E-state index in [2.05, 4.69) is 0 Å². The van der Waals surface area contributed by atoms with Crippen LogP contribution in [0.3, 0.4) is 0 Å². The van der Waals surface area contributed by atoms with Gasteiger partial charge in [-0.1, -0.05) is 0 Å². The van der Waals surface area contributed by atoms with Gasteiger partial charge in [-0.15, -0.1) is 0 Å². The Morgan fingerprint density at radius 1 is 1.10 bits per heavy atom. The van der Waals surface area contributed by atoms with Gasteiger partial charge in [0.15, 0.2) is 0 Å². The van der Waals surface area contributed by atoms with Crippen LogP contribution in [-0.2, 0) is 0 Å². The monoisotopic (exact) mass is 157 g/mol. The molecular weight excluding hydrogens is 143 g/mol. The van der Waals surface area contributed by atoms with Crippen LogP contribution >= 0.6 is 0 Å². The third kappa shape index (κ3) is 4.66. The average Bonchev–Trinajstić information content (AvgIpc) is 1.64. The van der Waals surface area contributed by atoms with E-state index in [-0.39, 0.29) is 36.2 Å². The van der Waals surface area contributed by atoms with Crippen LogP contribution in [0.1, 0.15) is 13.8 Å². The molecule has 56 valence electrons. The van der Waals surface area contributed by atoms with Crippen LogP contribution in [0.15, 0.2) is 0 Å². The molecule has 0 rings (SSSR count). The predicted molar refractivity (Wildman–Crippen MR) is 33.9 cm³/mol. The molecule has 2 atom stereocenters. The van der Waals surface area contributed by atoms with Gasteiger partial charge in [0.25, 0.3) is 0 Å². The Morgan fingerprint density at radius 3 is 1.40 bits per heavy atom. The van der Waals surface area contributed by atoms with Gasteiger partial charge in [-0.05, 0) is 13.8 Å². The van der Waals surface area contributed by atoms with E-state index in [0.29, 0.717) is 0 Å². The maximum Gasteiger partial charge on any atom is 1.00 e. The molecule has 0 saturated carbocycles. The van der Waals surface area contributed by atoms with Crippen molar-refractivity contribution in [1.82, 2.24) is 0 Å². The summed E-state index contributed by atoms with van der Waals surface area (Å²) in [6.07, 6.45) is -1.29. The smallest absolute Gasteiger partial charge is 0.396 e. The van der Waals surface area contributed by atoms with Gasteiger partial charge in [0.1, 0.15) is 0 Å². The zero-order valence-corrected chi connectivity index (χ0v) is 8.78. The summed E-state index contributed by atoms with van der Waals surface area (Å²) in [6, 6.07) is 0. The molecule has 3 nitrogen and oxygen atoms in total. The standard InChI is InChI=1S/C6H14O3.Na/c1-4(8)6(3-7)5(2)9;/h4-9H,3H2,1-2H3;/q;+1. The van der Waals surface area contributed by atoms with Crippen LogP contribution in [0, 0.1) is 5.92 Å². The first-order valence-electron chi connectivity index (χ1n) is 3.06. The van der Waals surface area contributed by atoms with E-state index < -0.39 is 18.1 Å². The van der Waals surface area contributed by atoms with Crippen LogP contribution in [0.5, 0.6) is 0 Å². The molecule has 0 aliphatic heterocycles. The molecule has 0 fully saturated rings. The van der Waals surface area contributed by atoms with Gasteiger partial charge in [0.05, 0.1) is 18.8 Å². The van der Waals surface area contributed by atoms with Gasteiger partial charge in [0, 0.05) is 5.92 Å². The summed E-state index contributed by atoms with van der Waals surface area (Å²) < 4.78 is 0. The minimum Gasteiger partial charge on any atom is -0.396 e. The van der Waals surface area contributed by atoms with Crippen molar-refractivity contribution in [3.05, 3.63) is 0 Å². The first-order valence-corrected chi connectivity index (χ1v) is 3.06. The summed E-state index contributed by atoms with van der Waals surface area (Å²) in [5.74, 6) is -0.412. The van der Waals surface area contributed by atoms with Crippen molar-refractivity contribution in [2.75, 3.05) is 6.61 Å². The zero-order chi connectivity index (χ0) is 7.44. The number of aliphatic hydroxyl groups is 3. The Labute approximate surface area is 83.4 Å². The average molecular weight is 157 g/mol. The van der Waals surface area contributed by atoms with E-state index in [1.807, 2.05) is 0 Å². The summed E-state index contributed by atoms with van der Waals surface area (Å²) in [6.45, 7) is 2.93. The second kappa shape index (κ2) is 6.58. The Bertz CT molecular complexity index is 67.4. The largest absolute Gasteiger partial charge is 1.00 e. The van der Waals surface area contributed by atoms with Crippen molar-refractivity contribution < 1.29 is 44.9 Å². The Hall–Kier alpha value is 0.880. The fourth-order valence-corrected chi connectivity index (χ4v) is 0.708. The molecule has 0 aromatic heterocycles. The van der Waals surface area contributed by atoms with Gasteiger partial charge in [-0.2, -0.15) is 0 Å². The van der Waals surface area contributed by atoms with E-state index >= 15 is 0 Å². The van der Waals surface area contributed by atoms with Crippen LogP contribution in [0.25, 0.3) is 0 Å². The molecule has 10 heavy (non-hydrogen) atoms. The molecule has 0 aromatic carbocycles. The third-order valence-corrected chi connectivity index (χ3v) is 1.45. The van der Waals surface area contributed by atoms with E-state index in [9.17, 15) is 0 Å². The van der Waals surface area contributed by atoms with Crippen LogP contribution in [0.4, 0.5) is 0 Å². The van der Waals surface area contributed by atoms with Crippen LogP contribution < -0.4 is 29.6 Å². The SMILES string of the molecule is CC(O)C(CO)C(C)O.[Na+]. The quantitative estimate of drug-likeness (QED) is 0.370. The molecule has 0 aromatic rings. The maximum atomic E-state index is 8.86. The molecule has 0 heterocycles. The number of rotatable bonds is 3. The molecule has 2 unspecified atom stereocenters. The van der Waals surface area contributed by atoms with Gasteiger partial charge in [0.2, 0.25) is 0 Å². The number of hydrogen-bond donors (Lipinski definition) is 3. The Kier molecular flexibility index (Phi) is 8.86. The van der Waals surface area contributed by atoms with E-state index in [4.69, 9.17) is 15.3 Å². The van der Waals surface area contributed by atoms with Crippen molar-refractivity contribution in [2.24, 2.45) is 5.92 Å². The molecule has 0 radical (unpaired) electrons. The van der Waals surface area contributed by atoms with Gasteiger partial charge in [-0.3, -0.25) is 0 Å². The molecule has 0 saturated heterocycles. The van der Waals surface area contributed by atoms with Gasteiger partial charge in [-0.25, -0.2) is 0 Å². The van der Waals surface area contributed by atoms with E-state index in [1.165, 1.54) is 0 Å². The Morgan fingerprint density at radius 2 is 1.40 bits per heavy atom. The number of aliphatic hydroxyl groups excluding tert-OH is 3. The van der Waals surface area contributed by atoms with Crippen LogP contribution in [0.2, 0.25) is 0 Å². The first kappa shape index (κ1) is 13.5. The molecule has 0 amide bonds. The molecular formula is C6H14NaO3+. The zero-order valence-electron chi connectivity index (χ0n) is 6.78. The predicted octanol–water partition coefficient (Wildman–Crippen LogP) is -3.64. The molecule has 3 N–H and O–H groups in total. The summed E-state index contributed by atoms with van der Waals surface area (Å²) in [5, 5.41) is 26.3. The summed E-state index contributed by atoms with van der Waals surface area (Å²) >= 11 is 0. The second-order valence-electron chi connectivity index (χ2n) is 2.33. The molecule has 0 spiro atoms. The van der Waals surface area contributed by atoms with E-state index in [0.717, 1.165) is 0 Å². The van der Waals surface area contributed by atoms with Gasteiger partial charge >= 0.3 is 29.6 Å².